The molecule has 0 aliphatic carbocycles. The van der Waals surface area contributed by atoms with Crippen LogP contribution in [-0.2, 0) is 10.0 Å². The van der Waals surface area contributed by atoms with Crippen molar-refractivity contribution in [3.63, 3.8) is 0 Å². The summed E-state index contributed by atoms with van der Waals surface area (Å²) in [6.45, 7) is 3.69. The van der Waals surface area contributed by atoms with Gasteiger partial charge in [-0.15, -0.1) is 0 Å². The minimum absolute atomic E-state index is 0.0820. The molecule has 1 aromatic heterocycles. The van der Waals surface area contributed by atoms with Gasteiger partial charge in [0.05, 0.1) is 6.07 Å². The van der Waals surface area contributed by atoms with Crippen LogP contribution in [0.1, 0.15) is 20.3 Å². The fraction of sp³-hybridized carbons (Fsp3) is 0.455. The molecule has 0 aromatic carbocycles. The van der Waals surface area contributed by atoms with Gasteiger partial charge in [0.15, 0.2) is 0 Å². The van der Waals surface area contributed by atoms with Gasteiger partial charge in [-0.3, -0.25) is 0 Å². The van der Waals surface area contributed by atoms with Gasteiger partial charge in [0.25, 0.3) is 0 Å². The molecule has 0 amide bonds. The van der Waals surface area contributed by atoms with E-state index in [0.717, 1.165) is 0 Å². The summed E-state index contributed by atoms with van der Waals surface area (Å²) < 4.78 is 25.9. The molecular formula is C11H14ClN3O2S. The zero-order chi connectivity index (χ0) is 13.8. The quantitative estimate of drug-likeness (QED) is 0.777. The Morgan fingerprint density at radius 2 is 2.17 bits per heavy atom. The Kier molecular flexibility index (Phi) is 5.08. The maximum Gasteiger partial charge on any atom is 0.244 e. The van der Waals surface area contributed by atoms with Crippen molar-refractivity contribution in [2.75, 3.05) is 6.54 Å². The van der Waals surface area contributed by atoms with Crippen molar-refractivity contribution in [1.82, 2.24) is 9.29 Å². The number of rotatable bonds is 5. The van der Waals surface area contributed by atoms with Crippen molar-refractivity contribution < 1.29 is 8.42 Å². The number of halogens is 1. The highest BCUT2D eigenvalue weighted by Crippen LogP contribution is 2.18. The van der Waals surface area contributed by atoms with E-state index >= 15 is 0 Å². The minimum atomic E-state index is -3.63. The first-order chi connectivity index (χ1) is 8.39. The third-order valence-corrected chi connectivity index (χ3v) is 4.61. The van der Waals surface area contributed by atoms with Crippen LogP contribution < -0.4 is 0 Å². The zero-order valence-electron chi connectivity index (χ0n) is 10.2. The molecule has 7 heteroatoms. The van der Waals surface area contributed by atoms with Gasteiger partial charge in [-0.2, -0.15) is 9.57 Å². The van der Waals surface area contributed by atoms with Gasteiger partial charge in [-0.05, 0) is 26.0 Å². The fourth-order valence-electron chi connectivity index (χ4n) is 1.47. The number of pyridine rings is 1. The molecule has 18 heavy (non-hydrogen) atoms. The Hall–Kier alpha value is -1.16. The summed E-state index contributed by atoms with van der Waals surface area (Å²) >= 11 is 5.62. The summed E-state index contributed by atoms with van der Waals surface area (Å²) in [4.78, 5) is 3.84. The van der Waals surface area contributed by atoms with Gasteiger partial charge in [0, 0.05) is 25.2 Å². The Bertz CT molecular complexity index is 534. The molecule has 98 valence electrons. The lowest BCUT2D eigenvalue weighted by Gasteiger charge is -2.24. The van der Waals surface area contributed by atoms with E-state index in [9.17, 15) is 8.42 Å². The molecule has 1 rings (SSSR count). The highest BCUT2D eigenvalue weighted by atomic mass is 35.5. The van der Waals surface area contributed by atoms with Crippen molar-refractivity contribution in [2.45, 2.75) is 31.2 Å². The molecule has 0 bridgehead atoms. The van der Waals surface area contributed by atoms with Gasteiger partial charge in [0.1, 0.15) is 10.0 Å². The van der Waals surface area contributed by atoms with Crippen LogP contribution in [0.25, 0.3) is 0 Å². The lowest BCUT2D eigenvalue weighted by atomic mass is 10.3. The molecule has 0 atom stereocenters. The SMILES string of the molecule is CC(C)N(CCC#N)S(=O)(=O)c1ccc(Cl)nc1. The van der Waals surface area contributed by atoms with E-state index in [1.165, 1.54) is 22.6 Å². The second-order valence-corrected chi connectivity index (χ2v) is 6.21. The summed E-state index contributed by atoms with van der Waals surface area (Å²) in [5.41, 5.74) is 0. The van der Waals surface area contributed by atoms with E-state index in [1.54, 1.807) is 13.8 Å². The molecular weight excluding hydrogens is 274 g/mol. The van der Waals surface area contributed by atoms with Crippen molar-refractivity contribution in [3.8, 4) is 6.07 Å². The maximum atomic E-state index is 12.3. The summed E-state index contributed by atoms with van der Waals surface area (Å²) in [7, 11) is -3.63. The highest BCUT2D eigenvalue weighted by Gasteiger charge is 2.26. The van der Waals surface area contributed by atoms with E-state index in [2.05, 4.69) is 4.98 Å². The molecule has 5 nitrogen and oxygen atoms in total. The smallest absolute Gasteiger partial charge is 0.243 e. The molecule has 0 aliphatic heterocycles. The topological polar surface area (TPSA) is 74.1 Å². The summed E-state index contributed by atoms with van der Waals surface area (Å²) in [6.07, 6.45) is 1.37. The molecule has 1 aromatic rings. The first kappa shape index (κ1) is 14.9. The van der Waals surface area contributed by atoms with Crippen molar-refractivity contribution in [1.29, 1.82) is 5.26 Å². The van der Waals surface area contributed by atoms with Crippen LogP contribution in [0.4, 0.5) is 0 Å². The first-order valence-electron chi connectivity index (χ1n) is 5.40. The molecule has 0 saturated carbocycles. The highest BCUT2D eigenvalue weighted by molar-refractivity contribution is 7.89. The predicted octanol–water partition coefficient (Wildman–Crippen LogP) is 2.05. The average molecular weight is 288 g/mol. The maximum absolute atomic E-state index is 12.3. The van der Waals surface area contributed by atoms with Crippen LogP contribution in [-0.4, -0.2) is 30.3 Å². The van der Waals surface area contributed by atoms with E-state index in [4.69, 9.17) is 16.9 Å². The van der Waals surface area contributed by atoms with Crippen molar-refractivity contribution >= 4 is 21.6 Å². The van der Waals surface area contributed by atoms with E-state index in [-0.39, 0.29) is 29.1 Å². The third kappa shape index (κ3) is 3.42. The van der Waals surface area contributed by atoms with Crippen molar-refractivity contribution in [3.05, 3.63) is 23.5 Å². The second kappa shape index (κ2) is 6.14. The van der Waals surface area contributed by atoms with Crippen molar-refractivity contribution in [2.24, 2.45) is 0 Å². The molecule has 0 N–H and O–H groups in total. The number of hydrogen-bond donors (Lipinski definition) is 0. The number of aromatic nitrogens is 1. The lowest BCUT2D eigenvalue weighted by molar-refractivity contribution is 0.360. The molecule has 0 radical (unpaired) electrons. The standard InChI is InChI=1S/C11H14ClN3O2S/c1-9(2)15(7-3-6-13)18(16,17)10-4-5-11(12)14-8-10/h4-5,8-9H,3,7H2,1-2H3. The molecule has 0 spiro atoms. The Morgan fingerprint density at radius 3 is 2.61 bits per heavy atom. The summed E-state index contributed by atoms with van der Waals surface area (Å²) in [5, 5.41) is 8.81. The number of hydrogen-bond acceptors (Lipinski definition) is 4. The molecule has 0 aliphatic rings. The zero-order valence-corrected chi connectivity index (χ0v) is 11.7. The number of sulfonamides is 1. The molecule has 0 fully saturated rings. The lowest BCUT2D eigenvalue weighted by Crippen LogP contribution is -2.37. The van der Waals surface area contributed by atoms with Gasteiger partial charge >= 0.3 is 0 Å². The minimum Gasteiger partial charge on any atom is -0.243 e. The van der Waals surface area contributed by atoms with Crippen LogP contribution in [0.15, 0.2) is 23.2 Å². The number of nitriles is 1. The molecule has 1 heterocycles. The fourth-order valence-corrected chi connectivity index (χ4v) is 3.16. The average Bonchev–Trinajstić information content (AvgIpc) is 2.29. The third-order valence-electron chi connectivity index (χ3n) is 2.33. The van der Waals surface area contributed by atoms with Crippen LogP contribution in [0.2, 0.25) is 5.15 Å². The monoisotopic (exact) mass is 287 g/mol. The number of nitrogens with zero attached hydrogens (tertiary/aromatic N) is 3. The molecule has 0 saturated heterocycles. The van der Waals surface area contributed by atoms with Gasteiger partial charge in [-0.1, -0.05) is 11.6 Å². The van der Waals surface area contributed by atoms with Gasteiger partial charge < -0.3 is 0 Å². The van der Waals surface area contributed by atoms with E-state index in [1.807, 2.05) is 6.07 Å². The van der Waals surface area contributed by atoms with E-state index in [0.29, 0.717) is 0 Å². The largest absolute Gasteiger partial charge is 0.244 e. The Labute approximate surface area is 112 Å². The Morgan fingerprint density at radius 1 is 1.50 bits per heavy atom. The molecule has 0 unspecified atom stereocenters. The van der Waals surface area contributed by atoms with Crippen LogP contribution in [0.5, 0.6) is 0 Å². The predicted molar refractivity (Wildman–Crippen MR) is 68.5 cm³/mol. The summed E-state index contributed by atoms with van der Waals surface area (Å²) in [5.74, 6) is 0. The first-order valence-corrected chi connectivity index (χ1v) is 7.21. The normalized spacial score (nSPS) is 11.8. The Balaban J connectivity index is 3.09. The second-order valence-electron chi connectivity index (χ2n) is 3.93. The van der Waals surface area contributed by atoms with Gasteiger partial charge in [-0.25, -0.2) is 13.4 Å². The van der Waals surface area contributed by atoms with E-state index < -0.39 is 10.0 Å². The summed E-state index contributed by atoms with van der Waals surface area (Å²) in [6, 6.07) is 4.56. The van der Waals surface area contributed by atoms with Crippen LogP contribution in [0, 0.1) is 11.3 Å². The van der Waals surface area contributed by atoms with Crippen LogP contribution in [0.3, 0.4) is 0 Å². The van der Waals surface area contributed by atoms with Crippen LogP contribution >= 0.6 is 11.6 Å². The van der Waals surface area contributed by atoms with Gasteiger partial charge in [0.2, 0.25) is 10.0 Å².